The smallest absolute Gasteiger partial charge is 0.327 e. The number of benzene rings is 1. The molecule has 0 heterocycles. The van der Waals surface area contributed by atoms with Gasteiger partial charge in [-0.3, -0.25) is 9.59 Å². The SMILES string of the molecule is CCOC(=O)C1(S(=O)(=O)C(c2ccccc2)S(=O)(=O)C2(C(=O)OCC)CCCC2)CCCC1. The van der Waals surface area contributed by atoms with Crippen molar-refractivity contribution >= 4 is 31.6 Å². The summed E-state index contributed by atoms with van der Waals surface area (Å²) < 4.78 is 61.3. The van der Waals surface area contributed by atoms with Crippen LogP contribution in [0.5, 0.6) is 0 Å². The molecule has 0 bridgehead atoms. The summed E-state index contributed by atoms with van der Waals surface area (Å²) >= 11 is 0. The Morgan fingerprint density at radius 1 is 0.758 bits per heavy atom. The monoisotopic (exact) mass is 500 g/mol. The minimum atomic E-state index is -4.69. The van der Waals surface area contributed by atoms with Gasteiger partial charge in [-0.1, -0.05) is 56.0 Å². The van der Waals surface area contributed by atoms with Gasteiger partial charge in [0.2, 0.25) is 0 Å². The van der Waals surface area contributed by atoms with E-state index in [4.69, 9.17) is 9.47 Å². The lowest BCUT2D eigenvalue weighted by Crippen LogP contribution is -2.54. The quantitative estimate of drug-likeness (QED) is 0.474. The minimum Gasteiger partial charge on any atom is -0.465 e. The molecule has 0 N–H and O–H groups in total. The number of rotatable bonds is 9. The van der Waals surface area contributed by atoms with E-state index in [-0.39, 0.29) is 44.5 Å². The van der Waals surface area contributed by atoms with Crippen molar-refractivity contribution in [2.45, 2.75) is 79.3 Å². The minimum absolute atomic E-state index is 0.0145. The summed E-state index contributed by atoms with van der Waals surface area (Å²) in [5.41, 5.74) is 0.0173. The fourth-order valence-corrected chi connectivity index (χ4v) is 11.8. The number of sulfone groups is 2. The van der Waals surface area contributed by atoms with E-state index >= 15 is 0 Å². The van der Waals surface area contributed by atoms with Crippen molar-refractivity contribution in [3.8, 4) is 0 Å². The summed E-state index contributed by atoms with van der Waals surface area (Å²) in [4.78, 5) is 26.1. The number of hydrogen-bond donors (Lipinski definition) is 0. The van der Waals surface area contributed by atoms with Gasteiger partial charge in [0.25, 0.3) is 0 Å². The van der Waals surface area contributed by atoms with Crippen LogP contribution in [0.3, 0.4) is 0 Å². The second-order valence-electron chi connectivity index (χ2n) is 8.68. The van der Waals surface area contributed by atoms with Gasteiger partial charge in [0, 0.05) is 0 Å². The molecular weight excluding hydrogens is 468 g/mol. The Bertz CT molecular complexity index is 997. The van der Waals surface area contributed by atoms with E-state index in [1.807, 2.05) is 0 Å². The largest absolute Gasteiger partial charge is 0.465 e. The highest BCUT2D eigenvalue weighted by molar-refractivity contribution is 8.10. The van der Waals surface area contributed by atoms with Crippen molar-refractivity contribution in [3.63, 3.8) is 0 Å². The van der Waals surface area contributed by atoms with E-state index in [9.17, 15) is 26.4 Å². The summed E-state index contributed by atoms with van der Waals surface area (Å²) in [6, 6.07) is 7.57. The van der Waals surface area contributed by atoms with Gasteiger partial charge in [-0.15, -0.1) is 0 Å². The van der Waals surface area contributed by atoms with E-state index in [0.29, 0.717) is 25.7 Å². The molecule has 0 radical (unpaired) electrons. The zero-order chi connectivity index (χ0) is 24.3. The molecule has 2 saturated carbocycles. The van der Waals surface area contributed by atoms with Crippen molar-refractivity contribution in [1.29, 1.82) is 0 Å². The standard InChI is InChI=1S/C23H32O8S2/c1-3-30-20(24)22(14-8-9-15-22)32(26,27)19(18-12-6-5-7-13-18)33(28,29)23(16-10-11-17-23)21(25)31-4-2/h5-7,12-13,19H,3-4,8-11,14-17H2,1-2H3. The summed E-state index contributed by atoms with van der Waals surface area (Å²) in [6.45, 7) is 3.11. The van der Waals surface area contributed by atoms with Crippen LogP contribution < -0.4 is 0 Å². The molecule has 0 aliphatic heterocycles. The molecule has 2 aliphatic carbocycles. The highest BCUT2D eigenvalue weighted by Gasteiger charge is 2.65. The Labute approximate surface area is 195 Å². The second kappa shape index (κ2) is 9.74. The van der Waals surface area contributed by atoms with E-state index in [1.165, 1.54) is 12.1 Å². The third kappa shape index (κ3) is 4.09. The number of hydrogen-bond acceptors (Lipinski definition) is 8. The molecule has 8 nitrogen and oxygen atoms in total. The summed E-state index contributed by atoms with van der Waals surface area (Å²) in [5.74, 6) is -1.84. The van der Waals surface area contributed by atoms with Gasteiger partial charge in [0.1, 0.15) is 0 Å². The molecule has 0 saturated heterocycles. The topological polar surface area (TPSA) is 121 Å². The molecule has 0 atom stereocenters. The van der Waals surface area contributed by atoms with Gasteiger partial charge in [-0.25, -0.2) is 16.8 Å². The second-order valence-corrected chi connectivity index (χ2v) is 13.7. The number of carbonyl (C=O) groups excluding carboxylic acids is 2. The molecule has 0 spiro atoms. The molecule has 0 unspecified atom stereocenters. The first-order valence-electron chi connectivity index (χ1n) is 11.5. The zero-order valence-corrected chi connectivity index (χ0v) is 20.8. The van der Waals surface area contributed by atoms with Crippen LogP contribution in [0.2, 0.25) is 0 Å². The molecule has 33 heavy (non-hydrogen) atoms. The first-order valence-corrected chi connectivity index (χ1v) is 14.6. The molecule has 184 valence electrons. The highest BCUT2D eigenvalue weighted by atomic mass is 32.3. The van der Waals surface area contributed by atoms with E-state index in [2.05, 4.69) is 0 Å². The van der Waals surface area contributed by atoms with Gasteiger partial charge < -0.3 is 9.47 Å². The number of esters is 2. The van der Waals surface area contributed by atoms with Crippen LogP contribution in [-0.4, -0.2) is 51.5 Å². The first kappa shape index (κ1) is 25.7. The maximum Gasteiger partial charge on any atom is 0.327 e. The average Bonchev–Trinajstić information content (AvgIpc) is 3.46. The Balaban J connectivity index is 2.27. The molecule has 0 aromatic heterocycles. The van der Waals surface area contributed by atoms with Crippen LogP contribution in [-0.2, 0) is 38.7 Å². The van der Waals surface area contributed by atoms with Crippen LogP contribution in [0.15, 0.2) is 30.3 Å². The third-order valence-electron chi connectivity index (χ3n) is 6.84. The maximum atomic E-state index is 14.3. The van der Waals surface area contributed by atoms with Gasteiger partial charge in [0.15, 0.2) is 33.8 Å². The lowest BCUT2D eigenvalue weighted by Gasteiger charge is -2.35. The van der Waals surface area contributed by atoms with Crippen LogP contribution in [0, 0.1) is 0 Å². The van der Waals surface area contributed by atoms with E-state index in [1.54, 1.807) is 32.0 Å². The van der Waals surface area contributed by atoms with Crippen LogP contribution >= 0.6 is 0 Å². The summed E-state index contributed by atoms with van der Waals surface area (Å²) in [7, 11) is -9.38. The predicted molar refractivity (Wildman–Crippen MR) is 123 cm³/mol. The third-order valence-corrected chi connectivity index (χ3v) is 13.4. The average molecular weight is 501 g/mol. The van der Waals surface area contributed by atoms with Gasteiger partial charge >= 0.3 is 11.9 Å². The Morgan fingerprint density at radius 3 is 1.45 bits per heavy atom. The van der Waals surface area contributed by atoms with Gasteiger partial charge in [-0.05, 0) is 45.1 Å². The van der Waals surface area contributed by atoms with E-state index < -0.39 is 45.7 Å². The van der Waals surface area contributed by atoms with Crippen LogP contribution in [0.4, 0.5) is 0 Å². The Hall–Kier alpha value is -1.94. The molecule has 2 aliphatic rings. The lowest BCUT2D eigenvalue weighted by atomic mass is 10.1. The fraction of sp³-hybridized carbons (Fsp3) is 0.652. The van der Waals surface area contributed by atoms with Gasteiger partial charge in [-0.2, -0.15) is 0 Å². The molecule has 0 amide bonds. The summed E-state index contributed by atoms with van der Waals surface area (Å²) in [6.07, 6.45) is 1.79. The predicted octanol–water partition coefficient (Wildman–Crippen LogP) is 3.27. The molecule has 3 rings (SSSR count). The molecule has 1 aromatic carbocycles. The van der Waals surface area contributed by atoms with Crippen molar-refractivity contribution in [3.05, 3.63) is 35.9 Å². The lowest BCUT2D eigenvalue weighted by molar-refractivity contribution is -0.147. The van der Waals surface area contributed by atoms with E-state index in [0.717, 1.165) is 0 Å². The fourth-order valence-electron chi connectivity index (χ4n) is 5.17. The number of carbonyl (C=O) groups is 2. The molecule has 2 fully saturated rings. The van der Waals surface area contributed by atoms with Gasteiger partial charge in [0.05, 0.1) is 13.2 Å². The van der Waals surface area contributed by atoms with Crippen LogP contribution in [0.25, 0.3) is 0 Å². The van der Waals surface area contributed by atoms with Crippen molar-refractivity contribution in [2.24, 2.45) is 0 Å². The Morgan fingerprint density at radius 2 is 1.12 bits per heavy atom. The van der Waals surface area contributed by atoms with Crippen molar-refractivity contribution < 1.29 is 35.9 Å². The normalized spacial score (nSPS) is 20.0. The van der Waals surface area contributed by atoms with Crippen LogP contribution in [0.1, 0.15) is 75.4 Å². The highest BCUT2D eigenvalue weighted by Crippen LogP contribution is 2.51. The molecule has 1 aromatic rings. The Kier molecular flexibility index (Phi) is 7.58. The first-order chi connectivity index (χ1) is 15.6. The van der Waals surface area contributed by atoms with Crippen molar-refractivity contribution in [1.82, 2.24) is 0 Å². The maximum absolute atomic E-state index is 14.3. The molecular formula is C23H32O8S2. The summed E-state index contributed by atoms with van der Waals surface area (Å²) in [5, 5.41) is 0. The van der Waals surface area contributed by atoms with Crippen molar-refractivity contribution in [2.75, 3.05) is 13.2 Å². The zero-order valence-electron chi connectivity index (χ0n) is 19.1. The number of ether oxygens (including phenoxy) is 2. The molecule has 10 heteroatoms.